The number of rotatable bonds is 2. The summed E-state index contributed by atoms with van der Waals surface area (Å²) >= 11 is 0. The molecule has 16 heavy (non-hydrogen) atoms. The fourth-order valence-electron chi connectivity index (χ4n) is 1.59. The second kappa shape index (κ2) is 3.35. The monoisotopic (exact) mass is 229 g/mol. The number of halogens is 3. The van der Waals surface area contributed by atoms with Crippen molar-refractivity contribution in [3.8, 4) is 5.75 Å². The smallest absolute Gasteiger partial charge is 0.235 e. The number of hydrogen-bond donors (Lipinski definition) is 1. The third kappa shape index (κ3) is 1.39. The Morgan fingerprint density at radius 2 is 1.94 bits per heavy atom. The number of aromatic hydroxyl groups is 1. The van der Waals surface area contributed by atoms with E-state index in [0.29, 0.717) is 18.9 Å². The largest absolute Gasteiger partial charge is 0.504 e. The zero-order chi connectivity index (χ0) is 11.9. The van der Waals surface area contributed by atoms with Crippen LogP contribution >= 0.6 is 0 Å². The van der Waals surface area contributed by atoms with Gasteiger partial charge in [0.2, 0.25) is 11.9 Å². The third-order valence-corrected chi connectivity index (χ3v) is 2.62. The van der Waals surface area contributed by atoms with Crippen LogP contribution in [0.1, 0.15) is 18.4 Å². The molecule has 0 amide bonds. The molecule has 0 heterocycles. The molecule has 1 aliphatic rings. The quantitative estimate of drug-likeness (QED) is 0.479. The average Bonchev–Trinajstić information content (AvgIpc) is 3.02. The Kier molecular flexibility index (Phi) is 2.24. The standard InChI is InChI=1S/C10H6F3NO2/c11-6-3-5(9(16)8(13)7(6)12)10(1-2-10)14-4-15/h3,16H,1-2H2. The lowest BCUT2D eigenvalue weighted by atomic mass is 10.0. The molecule has 84 valence electrons. The van der Waals surface area contributed by atoms with Crippen LogP contribution in [0, 0.1) is 17.5 Å². The zero-order valence-electron chi connectivity index (χ0n) is 7.93. The molecule has 1 N–H and O–H groups in total. The van der Waals surface area contributed by atoms with Crippen LogP contribution in [0.5, 0.6) is 5.75 Å². The first-order valence-electron chi connectivity index (χ1n) is 4.48. The van der Waals surface area contributed by atoms with Crippen molar-refractivity contribution < 1.29 is 23.1 Å². The van der Waals surface area contributed by atoms with Gasteiger partial charge in [0.1, 0.15) is 5.54 Å². The number of benzene rings is 1. The maximum absolute atomic E-state index is 13.0. The van der Waals surface area contributed by atoms with Crippen LogP contribution in [0.25, 0.3) is 0 Å². The number of phenols is 1. The summed E-state index contributed by atoms with van der Waals surface area (Å²) < 4.78 is 38.7. The van der Waals surface area contributed by atoms with Gasteiger partial charge in [0.15, 0.2) is 17.4 Å². The SMILES string of the molecule is O=C=NC1(c2cc(F)c(F)c(F)c2O)CC1. The number of isocyanates is 1. The van der Waals surface area contributed by atoms with E-state index in [2.05, 4.69) is 4.99 Å². The van der Waals surface area contributed by atoms with Gasteiger partial charge in [0, 0.05) is 5.56 Å². The Morgan fingerprint density at radius 3 is 2.44 bits per heavy atom. The Bertz CT molecular complexity index is 505. The summed E-state index contributed by atoms with van der Waals surface area (Å²) in [7, 11) is 0. The Labute approximate surface area is 88.2 Å². The molecule has 0 bridgehead atoms. The molecule has 1 saturated carbocycles. The first-order valence-corrected chi connectivity index (χ1v) is 4.48. The lowest BCUT2D eigenvalue weighted by Crippen LogP contribution is -2.06. The molecule has 0 spiro atoms. The molecule has 3 nitrogen and oxygen atoms in total. The van der Waals surface area contributed by atoms with Crippen molar-refractivity contribution >= 4 is 6.08 Å². The minimum atomic E-state index is -1.74. The fourth-order valence-corrected chi connectivity index (χ4v) is 1.59. The molecule has 0 unspecified atom stereocenters. The molecule has 1 aromatic carbocycles. The average molecular weight is 229 g/mol. The summed E-state index contributed by atoms with van der Waals surface area (Å²) in [5, 5.41) is 9.33. The van der Waals surface area contributed by atoms with Crippen LogP contribution in [0.3, 0.4) is 0 Å². The van der Waals surface area contributed by atoms with Crippen molar-refractivity contribution in [1.82, 2.24) is 0 Å². The van der Waals surface area contributed by atoms with Gasteiger partial charge in [0.25, 0.3) is 0 Å². The lowest BCUT2D eigenvalue weighted by Gasteiger charge is -2.11. The van der Waals surface area contributed by atoms with Crippen molar-refractivity contribution in [3.63, 3.8) is 0 Å². The molecule has 0 atom stereocenters. The first-order chi connectivity index (χ1) is 7.52. The Balaban J connectivity index is 2.63. The molecule has 6 heteroatoms. The van der Waals surface area contributed by atoms with Gasteiger partial charge in [-0.05, 0) is 18.9 Å². The van der Waals surface area contributed by atoms with Crippen molar-refractivity contribution in [2.45, 2.75) is 18.4 Å². The summed E-state index contributed by atoms with van der Waals surface area (Å²) in [6.45, 7) is 0. The molecule has 1 aliphatic carbocycles. The van der Waals surface area contributed by atoms with Crippen LogP contribution < -0.4 is 0 Å². The van der Waals surface area contributed by atoms with Crippen molar-refractivity contribution in [1.29, 1.82) is 0 Å². The highest BCUT2D eigenvalue weighted by Gasteiger charge is 2.48. The van der Waals surface area contributed by atoms with E-state index in [0.717, 1.165) is 0 Å². The van der Waals surface area contributed by atoms with Crippen LogP contribution in [-0.4, -0.2) is 11.2 Å². The Hall–Kier alpha value is -1.81. The number of nitrogens with zero attached hydrogens (tertiary/aromatic N) is 1. The molecule has 2 rings (SSSR count). The predicted octanol–water partition coefficient (Wildman–Crippen LogP) is 2.13. The van der Waals surface area contributed by atoms with Crippen molar-refractivity contribution in [2.75, 3.05) is 0 Å². The summed E-state index contributed by atoms with van der Waals surface area (Å²) in [4.78, 5) is 13.5. The minimum absolute atomic E-state index is 0.216. The highest BCUT2D eigenvalue weighted by atomic mass is 19.2. The maximum atomic E-state index is 13.0. The van der Waals surface area contributed by atoms with E-state index in [1.54, 1.807) is 0 Å². The zero-order valence-corrected chi connectivity index (χ0v) is 7.93. The van der Waals surface area contributed by atoms with E-state index in [-0.39, 0.29) is 5.56 Å². The number of carbonyl (C=O) groups excluding carboxylic acids is 1. The van der Waals surface area contributed by atoms with Gasteiger partial charge in [-0.15, -0.1) is 0 Å². The molecule has 1 aromatic rings. The molecule has 0 aliphatic heterocycles. The van der Waals surface area contributed by atoms with E-state index in [1.807, 2.05) is 0 Å². The third-order valence-electron chi connectivity index (χ3n) is 2.62. The number of phenolic OH excluding ortho intramolecular Hbond substituents is 1. The molecule has 0 radical (unpaired) electrons. The van der Waals surface area contributed by atoms with E-state index in [4.69, 9.17) is 0 Å². The fraction of sp³-hybridized carbons (Fsp3) is 0.300. The van der Waals surface area contributed by atoms with Crippen LogP contribution in [-0.2, 0) is 10.3 Å². The van der Waals surface area contributed by atoms with Crippen LogP contribution in [0.4, 0.5) is 13.2 Å². The Morgan fingerprint density at radius 1 is 1.31 bits per heavy atom. The van der Waals surface area contributed by atoms with Gasteiger partial charge in [-0.2, -0.15) is 9.38 Å². The van der Waals surface area contributed by atoms with Gasteiger partial charge >= 0.3 is 0 Å². The van der Waals surface area contributed by atoms with Gasteiger partial charge < -0.3 is 5.11 Å². The van der Waals surface area contributed by atoms with Gasteiger partial charge in [-0.3, -0.25) is 0 Å². The summed E-state index contributed by atoms with van der Waals surface area (Å²) in [5.41, 5.74) is -1.35. The van der Waals surface area contributed by atoms with Crippen LogP contribution in [0.15, 0.2) is 11.1 Å². The second-order valence-corrected chi connectivity index (χ2v) is 3.62. The highest BCUT2D eigenvalue weighted by molar-refractivity contribution is 5.47. The topological polar surface area (TPSA) is 49.7 Å². The number of aliphatic imine (C=N–C) groups is 1. The van der Waals surface area contributed by atoms with Gasteiger partial charge in [0.05, 0.1) is 0 Å². The van der Waals surface area contributed by atoms with Crippen molar-refractivity contribution in [2.24, 2.45) is 4.99 Å². The normalized spacial score (nSPS) is 16.7. The van der Waals surface area contributed by atoms with Gasteiger partial charge in [-0.1, -0.05) is 0 Å². The first kappa shape index (κ1) is 10.7. The molecule has 0 saturated heterocycles. The van der Waals surface area contributed by atoms with Crippen LogP contribution in [0.2, 0.25) is 0 Å². The summed E-state index contributed by atoms with van der Waals surface area (Å²) in [6, 6.07) is 0.654. The molecule has 0 aromatic heterocycles. The van der Waals surface area contributed by atoms with E-state index in [9.17, 15) is 23.1 Å². The summed E-state index contributed by atoms with van der Waals surface area (Å²) in [5.74, 6) is -5.83. The predicted molar refractivity (Wildman–Crippen MR) is 47.0 cm³/mol. The second-order valence-electron chi connectivity index (χ2n) is 3.62. The minimum Gasteiger partial charge on any atom is -0.504 e. The molecular formula is C10H6F3NO2. The van der Waals surface area contributed by atoms with E-state index < -0.39 is 28.7 Å². The molecule has 1 fully saturated rings. The number of hydrogen-bond acceptors (Lipinski definition) is 3. The maximum Gasteiger partial charge on any atom is 0.235 e. The van der Waals surface area contributed by atoms with E-state index >= 15 is 0 Å². The highest BCUT2D eigenvalue weighted by Crippen LogP contribution is 2.52. The van der Waals surface area contributed by atoms with Crippen molar-refractivity contribution in [3.05, 3.63) is 29.1 Å². The summed E-state index contributed by atoms with van der Waals surface area (Å²) in [6.07, 6.45) is 2.00. The van der Waals surface area contributed by atoms with E-state index in [1.165, 1.54) is 6.08 Å². The molecular weight excluding hydrogens is 223 g/mol. The lowest BCUT2D eigenvalue weighted by molar-refractivity contribution is 0.376. The van der Waals surface area contributed by atoms with Gasteiger partial charge in [-0.25, -0.2) is 13.6 Å².